The molecule has 0 spiro atoms. The molecule has 0 aliphatic carbocycles. The van der Waals surface area contributed by atoms with Gasteiger partial charge in [0.15, 0.2) is 6.10 Å². The highest BCUT2D eigenvalue weighted by molar-refractivity contribution is 5.71. The second kappa shape index (κ2) is 62.9. The first-order chi connectivity index (χ1) is 37.0. The lowest BCUT2D eigenvalue weighted by Gasteiger charge is -2.18. The summed E-state index contributed by atoms with van der Waals surface area (Å²) in [6.45, 7) is 6.53. The summed E-state index contributed by atoms with van der Waals surface area (Å²) in [7, 11) is 0. The molecule has 0 aromatic rings. The van der Waals surface area contributed by atoms with Crippen LogP contribution in [0, 0.1) is 0 Å². The summed E-state index contributed by atoms with van der Waals surface area (Å²) in [5, 5.41) is 0. The Kier molecular flexibility index (Phi) is 59.8. The Bertz CT molecular complexity index is 1480. The van der Waals surface area contributed by atoms with Gasteiger partial charge < -0.3 is 14.2 Å². The molecule has 0 bridgehead atoms. The fourth-order valence-corrected chi connectivity index (χ4v) is 8.79. The first-order valence-corrected chi connectivity index (χ1v) is 31.7. The smallest absolute Gasteiger partial charge is 0.306 e. The summed E-state index contributed by atoms with van der Waals surface area (Å²) in [6.07, 6.45) is 84.2. The number of rotatable bonds is 57. The molecule has 75 heavy (non-hydrogen) atoms. The van der Waals surface area contributed by atoms with Crippen molar-refractivity contribution in [1.82, 2.24) is 0 Å². The van der Waals surface area contributed by atoms with E-state index >= 15 is 0 Å². The minimum absolute atomic E-state index is 0.108. The van der Waals surface area contributed by atoms with Crippen LogP contribution in [-0.2, 0) is 28.6 Å². The van der Waals surface area contributed by atoms with E-state index in [1.54, 1.807) is 0 Å². The van der Waals surface area contributed by atoms with E-state index in [-0.39, 0.29) is 44.0 Å². The van der Waals surface area contributed by atoms with E-state index in [2.05, 4.69) is 112 Å². The number of hydrogen-bond donors (Lipinski definition) is 0. The van der Waals surface area contributed by atoms with Gasteiger partial charge in [0.1, 0.15) is 13.2 Å². The molecule has 6 heteroatoms. The lowest BCUT2D eigenvalue weighted by atomic mass is 10.0. The van der Waals surface area contributed by atoms with Crippen LogP contribution in [0.2, 0.25) is 0 Å². The molecule has 0 saturated carbocycles. The molecule has 0 amide bonds. The number of esters is 3. The zero-order valence-corrected chi connectivity index (χ0v) is 49.3. The summed E-state index contributed by atoms with van der Waals surface area (Å²) in [6, 6.07) is 0. The molecule has 0 unspecified atom stereocenters. The number of carbonyl (C=O) groups excluding carboxylic acids is 3. The third kappa shape index (κ3) is 61.1. The maximum atomic E-state index is 12.9. The summed E-state index contributed by atoms with van der Waals surface area (Å²) in [5.74, 6) is -1.01. The van der Waals surface area contributed by atoms with E-state index in [0.717, 1.165) is 89.9 Å². The summed E-state index contributed by atoms with van der Waals surface area (Å²) in [5.41, 5.74) is 0. The number of carbonyl (C=O) groups is 3. The first kappa shape index (κ1) is 71.3. The van der Waals surface area contributed by atoms with Crippen molar-refractivity contribution < 1.29 is 28.6 Å². The van der Waals surface area contributed by atoms with E-state index in [1.165, 1.54) is 167 Å². The summed E-state index contributed by atoms with van der Waals surface area (Å²) >= 11 is 0. The molecule has 430 valence electrons. The Hall–Kier alpha value is -3.67. The van der Waals surface area contributed by atoms with Gasteiger partial charge in [-0.2, -0.15) is 0 Å². The van der Waals surface area contributed by atoms with Gasteiger partial charge in [0.25, 0.3) is 0 Å². The fourth-order valence-electron chi connectivity index (χ4n) is 8.79. The fraction of sp³-hybridized carbons (Fsp3) is 0.725. The van der Waals surface area contributed by atoms with Gasteiger partial charge in [-0.1, -0.05) is 285 Å². The Morgan fingerprint density at radius 2 is 0.507 bits per heavy atom. The van der Waals surface area contributed by atoms with Crippen molar-refractivity contribution >= 4 is 17.9 Å². The van der Waals surface area contributed by atoms with Crippen LogP contribution in [0.25, 0.3) is 0 Å². The van der Waals surface area contributed by atoms with Gasteiger partial charge in [-0.15, -0.1) is 0 Å². The Morgan fingerprint density at radius 1 is 0.267 bits per heavy atom. The van der Waals surface area contributed by atoms with E-state index in [9.17, 15) is 14.4 Å². The minimum Gasteiger partial charge on any atom is -0.462 e. The van der Waals surface area contributed by atoms with Crippen molar-refractivity contribution in [3.05, 3.63) is 97.2 Å². The molecular weight excluding hydrogens is 925 g/mol. The van der Waals surface area contributed by atoms with Crippen molar-refractivity contribution in [2.45, 2.75) is 309 Å². The maximum Gasteiger partial charge on any atom is 0.306 e. The second-order valence-electron chi connectivity index (χ2n) is 21.0. The molecule has 6 nitrogen and oxygen atoms in total. The second-order valence-corrected chi connectivity index (χ2v) is 21.0. The van der Waals surface area contributed by atoms with Crippen LogP contribution in [0.4, 0.5) is 0 Å². The predicted octanol–water partition coefficient (Wildman–Crippen LogP) is 21.7. The van der Waals surface area contributed by atoms with E-state index in [1.807, 2.05) is 6.08 Å². The quantitative estimate of drug-likeness (QED) is 0.0261. The molecular formula is C69H118O6. The minimum atomic E-state index is -0.820. The van der Waals surface area contributed by atoms with Crippen LogP contribution in [-0.4, -0.2) is 37.2 Å². The molecule has 0 aliphatic rings. The van der Waals surface area contributed by atoms with Gasteiger partial charge in [-0.05, 0) is 96.3 Å². The van der Waals surface area contributed by atoms with Crippen LogP contribution in [0.15, 0.2) is 97.2 Å². The van der Waals surface area contributed by atoms with Crippen LogP contribution in [0.5, 0.6) is 0 Å². The van der Waals surface area contributed by atoms with Crippen molar-refractivity contribution in [1.29, 1.82) is 0 Å². The molecule has 0 radical (unpaired) electrons. The zero-order valence-electron chi connectivity index (χ0n) is 49.3. The van der Waals surface area contributed by atoms with Gasteiger partial charge in [0, 0.05) is 19.3 Å². The third-order valence-corrected chi connectivity index (χ3v) is 13.6. The average Bonchev–Trinajstić information content (AvgIpc) is 3.41. The molecule has 0 aromatic heterocycles. The topological polar surface area (TPSA) is 78.9 Å². The molecule has 0 heterocycles. The average molecular weight is 1040 g/mol. The Labute approximate surface area is 464 Å². The Balaban J connectivity index is 4.48. The monoisotopic (exact) mass is 1040 g/mol. The highest BCUT2D eigenvalue weighted by Gasteiger charge is 2.19. The molecule has 0 aromatic carbocycles. The summed E-state index contributed by atoms with van der Waals surface area (Å²) in [4.78, 5) is 38.3. The van der Waals surface area contributed by atoms with E-state index in [0.29, 0.717) is 12.8 Å². The third-order valence-electron chi connectivity index (χ3n) is 13.6. The largest absolute Gasteiger partial charge is 0.462 e. The van der Waals surface area contributed by atoms with Crippen molar-refractivity contribution in [2.24, 2.45) is 0 Å². The van der Waals surface area contributed by atoms with E-state index < -0.39 is 6.10 Å². The SMILES string of the molecule is CCCCC/C=C\C/C=C\C/C=C\C/C=C\C/C=C\CCC(=O)OC[C@H](COC(=O)CCCCCCCCCCCCCCCCCCCCCCC)OC(=O)CCCCCC/C=C\C/C=C\C/C=C\CCCCC. The van der Waals surface area contributed by atoms with Crippen LogP contribution >= 0.6 is 0 Å². The summed E-state index contributed by atoms with van der Waals surface area (Å²) < 4.78 is 16.8. The zero-order chi connectivity index (χ0) is 54.3. The van der Waals surface area contributed by atoms with Crippen molar-refractivity contribution in [3.8, 4) is 0 Å². The van der Waals surface area contributed by atoms with Crippen LogP contribution in [0.1, 0.15) is 303 Å². The van der Waals surface area contributed by atoms with Gasteiger partial charge in [-0.25, -0.2) is 0 Å². The van der Waals surface area contributed by atoms with E-state index in [4.69, 9.17) is 14.2 Å². The van der Waals surface area contributed by atoms with Gasteiger partial charge >= 0.3 is 17.9 Å². The van der Waals surface area contributed by atoms with Crippen molar-refractivity contribution in [2.75, 3.05) is 13.2 Å². The Morgan fingerprint density at radius 3 is 0.853 bits per heavy atom. The molecule has 0 rings (SSSR count). The molecule has 0 N–H and O–H groups in total. The lowest BCUT2D eigenvalue weighted by molar-refractivity contribution is -0.166. The molecule has 0 aliphatic heterocycles. The van der Waals surface area contributed by atoms with Gasteiger partial charge in [0.05, 0.1) is 0 Å². The van der Waals surface area contributed by atoms with Crippen LogP contribution < -0.4 is 0 Å². The number of hydrogen-bond acceptors (Lipinski definition) is 6. The predicted molar refractivity (Wildman–Crippen MR) is 325 cm³/mol. The van der Waals surface area contributed by atoms with Crippen LogP contribution in [0.3, 0.4) is 0 Å². The highest BCUT2D eigenvalue weighted by Crippen LogP contribution is 2.16. The maximum absolute atomic E-state index is 12.9. The first-order valence-electron chi connectivity index (χ1n) is 31.7. The van der Waals surface area contributed by atoms with Gasteiger partial charge in [0.2, 0.25) is 0 Å². The number of allylic oxidation sites excluding steroid dienone is 16. The molecule has 0 fully saturated rings. The highest BCUT2D eigenvalue weighted by atomic mass is 16.6. The molecule has 0 saturated heterocycles. The number of ether oxygens (including phenoxy) is 3. The van der Waals surface area contributed by atoms with Gasteiger partial charge in [-0.3, -0.25) is 14.4 Å². The molecule has 1 atom stereocenters. The normalized spacial score (nSPS) is 12.7. The number of unbranched alkanes of at least 4 members (excludes halogenated alkanes) is 30. The lowest BCUT2D eigenvalue weighted by Crippen LogP contribution is -2.30. The standard InChI is InChI=1S/C69H118O6/c1-4-7-10-13-16-19-22-25-28-31-33-34-36-39-41-44-47-50-53-56-59-62-68(71)74-65-66(75-69(72)63-60-57-54-51-48-45-42-37-30-27-24-21-18-15-12-9-6-3)64-73-67(70)61-58-55-52-49-46-43-40-38-35-32-29-26-23-20-17-14-11-8-5-2/h17-18,20-21,26-27,29-30,35,38,42-43,45-46,52,55,66H,4-16,19,22-25,28,31-34,36-37,39-41,44,47-51,53-54,56-65H2,1-3H3/b20-17-,21-18-,29-26-,30-27-,38-35-,45-42-,46-43-,55-52-/t66-/m1/s1. The van der Waals surface area contributed by atoms with Crippen molar-refractivity contribution in [3.63, 3.8) is 0 Å².